The van der Waals surface area contributed by atoms with E-state index in [4.69, 9.17) is 0 Å². The van der Waals surface area contributed by atoms with Gasteiger partial charge >= 0.3 is 0 Å². The Kier molecular flexibility index (Phi) is 3.79. The standard InChI is InChI=1S/C17H24N2O/c1-3-10-18(11-4-2)15-9-8-13-6-5-7-14-12-16(20)19(15)17(13)14/h5-7,15H,3-4,8-12H2,1-2H3. The summed E-state index contributed by atoms with van der Waals surface area (Å²) in [5.74, 6) is 0.286. The van der Waals surface area contributed by atoms with E-state index < -0.39 is 0 Å². The summed E-state index contributed by atoms with van der Waals surface area (Å²) in [4.78, 5) is 17.1. The summed E-state index contributed by atoms with van der Waals surface area (Å²) < 4.78 is 0. The second-order valence-electron chi connectivity index (χ2n) is 5.92. The summed E-state index contributed by atoms with van der Waals surface area (Å²) in [7, 11) is 0. The number of carbonyl (C=O) groups is 1. The lowest BCUT2D eigenvalue weighted by molar-refractivity contribution is -0.118. The first-order chi connectivity index (χ1) is 9.76. The molecule has 0 saturated carbocycles. The number of hydrogen-bond donors (Lipinski definition) is 0. The van der Waals surface area contributed by atoms with E-state index in [0.29, 0.717) is 6.42 Å². The Balaban J connectivity index is 1.94. The monoisotopic (exact) mass is 272 g/mol. The van der Waals surface area contributed by atoms with Crippen molar-refractivity contribution in [2.75, 3.05) is 18.0 Å². The minimum absolute atomic E-state index is 0.276. The van der Waals surface area contributed by atoms with Crippen molar-refractivity contribution in [3.05, 3.63) is 29.3 Å². The lowest BCUT2D eigenvalue weighted by Crippen LogP contribution is -2.52. The lowest BCUT2D eigenvalue weighted by atomic mass is 9.97. The van der Waals surface area contributed by atoms with Gasteiger partial charge in [-0.25, -0.2) is 0 Å². The highest BCUT2D eigenvalue weighted by molar-refractivity contribution is 6.03. The van der Waals surface area contributed by atoms with Crippen molar-refractivity contribution >= 4 is 11.6 Å². The fourth-order valence-corrected chi connectivity index (χ4v) is 3.73. The SMILES string of the molecule is CCCN(CCC)C1CCc2cccc3c2N1C(=O)C3. The van der Waals surface area contributed by atoms with E-state index in [0.717, 1.165) is 38.8 Å². The minimum Gasteiger partial charge on any atom is -0.295 e. The highest BCUT2D eigenvalue weighted by Gasteiger charge is 2.39. The average Bonchev–Trinajstić information content (AvgIpc) is 2.78. The minimum atomic E-state index is 0.276. The first kappa shape index (κ1) is 13.6. The average molecular weight is 272 g/mol. The molecule has 0 aliphatic carbocycles. The van der Waals surface area contributed by atoms with Crippen LogP contribution in [0, 0.1) is 0 Å². The Bertz CT molecular complexity index is 506. The van der Waals surface area contributed by atoms with E-state index in [1.165, 1.54) is 16.8 Å². The summed E-state index contributed by atoms with van der Waals surface area (Å²) in [5.41, 5.74) is 3.81. The van der Waals surface area contributed by atoms with Crippen molar-refractivity contribution in [2.24, 2.45) is 0 Å². The van der Waals surface area contributed by atoms with Crippen LogP contribution in [0.1, 0.15) is 44.2 Å². The first-order valence-electron chi connectivity index (χ1n) is 7.93. The molecule has 1 amide bonds. The van der Waals surface area contributed by atoms with E-state index in [9.17, 15) is 4.79 Å². The van der Waals surface area contributed by atoms with E-state index in [1.807, 2.05) is 0 Å². The second-order valence-corrected chi connectivity index (χ2v) is 5.92. The van der Waals surface area contributed by atoms with E-state index in [1.54, 1.807) is 0 Å². The van der Waals surface area contributed by atoms with Gasteiger partial charge in [0, 0.05) is 0 Å². The Hall–Kier alpha value is -1.35. The zero-order valence-electron chi connectivity index (χ0n) is 12.6. The van der Waals surface area contributed by atoms with Crippen molar-refractivity contribution in [2.45, 2.75) is 52.1 Å². The van der Waals surface area contributed by atoms with Crippen LogP contribution in [-0.2, 0) is 17.6 Å². The molecular weight excluding hydrogens is 248 g/mol. The highest BCUT2D eigenvalue weighted by Crippen LogP contribution is 2.40. The van der Waals surface area contributed by atoms with E-state index >= 15 is 0 Å². The van der Waals surface area contributed by atoms with Crippen LogP contribution in [0.4, 0.5) is 5.69 Å². The third-order valence-corrected chi connectivity index (χ3v) is 4.47. The number of anilines is 1. The fourth-order valence-electron chi connectivity index (χ4n) is 3.73. The van der Waals surface area contributed by atoms with Gasteiger partial charge < -0.3 is 0 Å². The number of carbonyl (C=O) groups excluding carboxylic acids is 1. The maximum absolute atomic E-state index is 12.5. The Morgan fingerprint density at radius 1 is 1.20 bits per heavy atom. The quantitative estimate of drug-likeness (QED) is 0.822. The van der Waals surface area contributed by atoms with Crippen molar-refractivity contribution in [1.29, 1.82) is 0 Å². The summed E-state index contributed by atoms with van der Waals surface area (Å²) in [6.45, 7) is 6.60. The van der Waals surface area contributed by atoms with Gasteiger partial charge in [-0.2, -0.15) is 0 Å². The van der Waals surface area contributed by atoms with Crippen LogP contribution in [0.5, 0.6) is 0 Å². The summed E-state index contributed by atoms with van der Waals surface area (Å²) in [6, 6.07) is 6.40. The second kappa shape index (κ2) is 5.57. The highest BCUT2D eigenvalue weighted by atomic mass is 16.2. The van der Waals surface area contributed by atoms with Crippen LogP contribution in [0.25, 0.3) is 0 Å². The molecule has 0 saturated heterocycles. The molecule has 3 rings (SSSR count). The normalized spacial score (nSPS) is 20.6. The Morgan fingerprint density at radius 2 is 1.90 bits per heavy atom. The molecule has 108 valence electrons. The van der Waals surface area contributed by atoms with Gasteiger partial charge in [0.05, 0.1) is 18.3 Å². The Morgan fingerprint density at radius 3 is 2.60 bits per heavy atom. The third-order valence-electron chi connectivity index (χ3n) is 4.47. The summed E-state index contributed by atoms with van der Waals surface area (Å²) in [6.07, 6.45) is 5.33. The van der Waals surface area contributed by atoms with Gasteiger partial charge in [-0.05, 0) is 49.9 Å². The molecular formula is C17H24N2O. The van der Waals surface area contributed by atoms with Gasteiger partial charge in [-0.15, -0.1) is 0 Å². The molecule has 2 aliphatic heterocycles. The zero-order chi connectivity index (χ0) is 14.1. The molecule has 0 spiro atoms. The molecule has 0 radical (unpaired) electrons. The predicted octanol–water partition coefficient (Wildman–Crippen LogP) is 2.97. The number of hydrogen-bond acceptors (Lipinski definition) is 2. The molecule has 2 aliphatic rings. The van der Waals surface area contributed by atoms with Crippen molar-refractivity contribution in [1.82, 2.24) is 4.90 Å². The largest absolute Gasteiger partial charge is 0.295 e. The van der Waals surface area contributed by atoms with Gasteiger partial charge in [0.15, 0.2) is 0 Å². The van der Waals surface area contributed by atoms with Gasteiger partial charge in [0.1, 0.15) is 0 Å². The van der Waals surface area contributed by atoms with Crippen molar-refractivity contribution in [3.8, 4) is 0 Å². The van der Waals surface area contributed by atoms with Crippen LogP contribution in [0.3, 0.4) is 0 Å². The summed E-state index contributed by atoms with van der Waals surface area (Å²) in [5, 5.41) is 0. The van der Waals surface area contributed by atoms with Crippen LogP contribution in [0.15, 0.2) is 18.2 Å². The maximum atomic E-state index is 12.5. The molecule has 0 fully saturated rings. The van der Waals surface area contributed by atoms with Crippen LogP contribution >= 0.6 is 0 Å². The molecule has 20 heavy (non-hydrogen) atoms. The maximum Gasteiger partial charge on any atom is 0.232 e. The molecule has 1 unspecified atom stereocenters. The van der Waals surface area contributed by atoms with E-state index in [2.05, 4.69) is 41.8 Å². The number of para-hydroxylation sites is 1. The Labute approximate surface area is 121 Å². The van der Waals surface area contributed by atoms with Crippen LogP contribution in [0.2, 0.25) is 0 Å². The van der Waals surface area contributed by atoms with Gasteiger partial charge in [-0.1, -0.05) is 32.0 Å². The smallest absolute Gasteiger partial charge is 0.232 e. The fraction of sp³-hybridized carbons (Fsp3) is 0.588. The molecule has 0 N–H and O–H groups in total. The number of amides is 1. The molecule has 0 aromatic heterocycles. The molecule has 1 atom stereocenters. The van der Waals surface area contributed by atoms with Crippen LogP contribution < -0.4 is 4.90 Å². The number of nitrogens with zero attached hydrogens (tertiary/aromatic N) is 2. The van der Waals surface area contributed by atoms with Gasteiger partial charge in [0.2, 0.25) is 5.91 Å². The predicted molar refractivity (Wildman–Crippen MR) is 81.9 cm³/mol. The molecule has 0 bridgehead atoms. The lowest BCUT2D eigenvalue weighted by Gasteiger charge is -2.41. The molecule has 1 aromatic rings. The molecule has 2 heterocycles. The van der Waals surface area contributed by atoms with Gasteiger partial charge in [0.25, 0.3) is 0 Å². The molecule has 3 heteroatoms. The van der Waals surface area contributed by atoms with Crippen molar-refractivity contribution < 1.29 is 4.79 Å². The van der Waals surface area contributed by atoms with Gasteiger partial charge in [-0.3, -0.25) is 14.6 Å². The topological polar surface area (TPSA) is 23.6 Å². The zero-order valence-corrected chi connectivity index (χ0v) is 12.6. The third kappa shape index (κ3) is 2.14. The van der Waals surface area contributed by atoms with E-state index in [-0.39, 0.29) is 12.1 Å². The number of rotatable bonds is 5. The molecule has 1 aromatic carbocycles. The molecule has 3 nitrogen and oxygen atoms in total. The summed E-state index contributed by atoms with van der Waals surface area (Å²) >= 11 is 0. The van der Waals surface area contributed by atoms with Crippen LogP contribution in [-0.4, -0.2) is 30.1 Å². The number of aryl methyl sites for hydroxylation is 1. The number of benzene rings is 1. The first-order valence-corrected chi connectivity index (χ1v) is 7.93. The van der Waals surface area contributed by atoms with Crippen molar-refractivity contribution in [3.63, 3.8) is 0 Å².